The van der Waals surface area contributed by atoms with Gasteiger partial charge in [-0.1, -0.05) is 17.7 Å². The van der Waals surface area contributed by atoms with Crippen LogP contribution in [0.5, 0.6) is 0 Å². The van der Waals surface area contributed by atoms with Crippen LogP contribution in [0.15, 0.2) is 23.1 Å². The number of sulfonamides is 1. The van der Waals surface area contributed by atoms with E-state index in [-0.39, 0.29) is 0 Å². The van der Waals surface area contributed by atoms with Crippen LogP contribution in [0.2, 0.25) is 5.02 Å². The predicted octanol–water partition coefficient (Wildman–Crippen LogP) is 1.73. The summed E-state index contributed by atoms with van der Waals surface area (Å²) in [6, 6.07) is 3.25. The van der Waals surface area contributed by atoms with E-state index in [9.17, 15) is 21.6 Å². The van der Waals surface area contributed by atoms with Gasteiger partial charge in [-0.3, -0.25) is 0 Å². The van der Waals surface area contributed by atoms with Crippen LogP contribution in [-0.4, -0.2) is 44.0 Å². The van der Waals surface area contributed by atoms with Crippen LogP contribution >= 0.6 is 11.6 Å². The van der Waals surface area contributed by atoms with Gasteiger partial charge in [-0.2, -0.15) is 4.31 Å². The fourth-order valence-electron chi connectivity index (χ4n) is 1.40. The van der Waals surface area contributed by atoms with E-state index < -0.39 is 51.9 Å². The molecule has 0 aliphatic rings. The standard InChI is InChI=1S/C10H11ClF3NO3S/c11-7-2-1-3-8(10(7)14)19(17,18)15(4-5-16)6-9(12)13/h1-3,9,16H,4-6H2. The minimum absolute atomic E-state index is 0.312. The summed E-state index contributed by atoms with van der Waals surface area (Å²) < 4.78 is 62.6. The summed E-state index contributed by atoms with van der Waals surface area (Å²) in [6.45, 7) is -2.35. The Balaban J connectivity index is 3.22. The van der Waals surface area contributed by atoms with Crippen molar-refractivity contribution >= 4 is 21.6 Å². The highest BCUT2D eigenvalue weighted by Crippen LogP contribution is 2.25. The average molecular weight is 318 g/mol. The molecule has 0 unspecified atom stereocenters. The van der Waals surface area contributed by atoms with E-state index in [1.807, 2.05) is 0 Å². The second kappa shape index (κ2) is 6.56. The van der Waals surface area contributed by atoms with E-state index in [1.165, 1.54) is 6.07 Å². The molecule has 1 N–H and O–H groups in total. The smallest absolute Gasteiger partial charge is 0.252 e. The van der Waals surface area contributed by atoms with Crippen molar-refractivity contribution in [3.8, 4) is 0 Å². The lowest BCUT2D eigenvalue weighted by Gasteiger charge is -2.21. The van der Waals surface area contributed by atoms with Gasteiger partial charge in [0.1, 0.15) is 4.90 Å². The molecule has 0 aromatic heterocycles. The van der Waals surface area contributed by atoms with Gasteiger partial charge >= 0.3 is 0 Å². The van der Waals surface area contributed by atoms with E-state index in [0.717, 1.165) is 12.1 Å². The highest BCUT2D eigenvalue weighted by molar-refractivity contribution is 7.89. The number of aliphatic hydroxyl groups is 1. The van der Waals surface area contributed by atoms with Crippen molar-refractivity contribution < 1.29 is 26.7 Å². The molecule has 0 bridgehead atoms. The molecule has 4 nitrogen and oxygen atoms in total. The third-order valence-corrected chi connectivity index (χ3v) is 4.40. The molecule has 0 aliphatic carbocycles. The molecule has 9 heteroatoms. The Morgan fingerprint density at radius 3 is 2.53 bits per heavy atom. The first-order valence-electron chi connectivity index (χ1n) is 5.14. The summed E-state index contributed by atoms with van der Waals surface area (Å²) in [5.41, 5.74) is 0. The Morgan fingerprint density at radius 2 is 2.00 bits per heavy atom. The molecule has 0 heterocycles. The normalized spacial score (nSPS) is 12.4. The first kappa shape index (κ1) is 16.2. The molecular formula is C10H11ClF3NO3S. The number of halogens is 4. The van der Waals surface area contributed by atoms with E-state index >= 15 is 0 Å². The van der Waals surface area contributed by atoms with Crippen LogP contribution in [0.3, 0.4) is 0 Å². The van der Waals surface area contributed by atoms with Gasteiger partial charge in [0.05, 0.1) is 18.2 Å². The quantitative estimate of drug-likeness (QED) is 0.869. The monoisotopic (exact) mass is 317 g/mol. The van der Waals surface area contributed by atoms with E-state index in [1.54, 1.807) is 0 Å². The zero-order valence-corrected chi connectivity index (χ0v) is 11.1. The van der Waals surface area contributed by atoms with Crippen molar-refractivity contribution in [2.45, 2.75) is 11.3 Å². The first-order chi connectivity index (χ1) is 8.80. The van der Waals surface area contributed by atoms with E-state index in [0.29, 0.717) is 4.31 Å². The van der Waals surface area contributed by atoms with Crippen LogP contribution in [0.1, 0.15) is 0 Å². The van der Waals surface area contributed by atoms with Crippen LogP contribution in [-0.2, 0) is 10.0 Å². The average Bonchev–Trinajstić information content (AvgIpc) is 2.31. The Hall–Kier alpha value is -0.830. The molecule has 1 rings (SSSR count). The van der Waals surface area contributed by atoms with Gasteiger partial charge < -0.3 is 5.11 Å². The summed E-state index contributed by atoms with van der Waals surface area (Å²) in [5, 5.41) is 8.28. The molecule has 0 saturated carbocycles. The lowest BCUT2D eigenvalue weighted by Crippen LogP contribution is -2.37. The van der Waals surface area contributed by atoms with Crippen molar-refractivity contribution in [1.29, 1.82) is 0 Å². The highest BCUT2D eigenvalue weighted by Gasteiger charge is 2.30. The van der Waals surface area contributed by atoms with Gasteiger partial charge in [-0.25, -0.2) is 21.6 Å². The molecule has 0 atom stereocenters. The number of alkyl halides is 2. The Kier molecular flexibility index (Phi) is 5.60. The topological polar surface area (TPSA) is 57.6 Å². The van der Waals surface area contributed by atoms with E-state index in [4.69, 9.17) is 16.7 Å². The molecule has 0 aliphatic heterocycles. The fourth-order valence-corrected chi connectivity index (χ4v) is 3.12. The van der Waals surface area contributed by atoms with Crippen molar-refractivity contribution in [3.63, 3.8) is 0 Å². The molecule has 1 aromatic rings. The molecule has 1 aromatic carbocycles. The predicted molar refractivity (Wildman–Crippen MR) is 63.3 cm³/mol. The number of aliphatic hydroxyl groups excluding tert-OH is 1. The van der Waals surface area contributed by atoms with Crippen molar-refractivity contribution in [2.24, 2.45) is 0 Å². The maximum Gasteiger partial charge on any atom is 0.252 e. The second-order valence-electron chi connectivity index (χ2n) is 3.53. The minimum Gasteiger partial charge on any atom is -0.395 e. The number of nitrogens with zero attached hydrogens (tertiary/aromatic N) is 1. The summed E-state index contributed by atoms with van der Waals surface area (Å²) in [7, 11) is -4.48. The van der Waals surface area contributed by atoms with Gasteiger partial charge in [0.15, 0.2) is 5.82 Å². The van der Waals surface area contributed by atoms with Crippen molar-refractivity contribution in [1.82, 2.24) is 4.31 Å². The maximum absolute atomic E-state index is 13.6. The molecule has 0 amide bonds. The summed E-state index contributed by atoms with van der Waals surface area (Å²) in [5.74, 6) is -1.21. The van der Waals surface area contributed by atoms with Crippen molar-refractivity contribution in [2.75, 3.05) is 19.7 Å². The Labute approximate surface area is 113 Å². The number of benzene rings is 1. The van der Waals surface area contributed by atoms with Crippen LogP contribution < -0.4 is 0 Å². The number of rotatable bonds is 6. The zero-order chi connectivity index (χ0) is 14.6. The van der Waals surface area contributed by atoms with Gasteiger partial charge in [0.25, 0.3) is 6.43 Å². The largest absolute Gasteiger partial charge is 0.395 e. The van der Waals surface area contributed by atoms with Gasteiger partial charge in [-0.15, -0.1) is 0 Å². The third kappa shape index (κ3) is 3.82. The lowest BCUT2D eigenvalue weighted by atomic mass is 10.3. The Morgan fingerprint density at radius 1 is 1.37 bits per heavy atom. The fraction of sp³-hybridized carbons (Fsp3) is 0.400. The molecule has 0 radical (unpaired) electrons. The molecule has 0 fully saturated rings. The zero-order valence-electron chi connectivity index (χ0n) is 9.56. The van der Waals surface area contributed by atoms with Gasteiger partial charge in [-0.05, 0) is 12.1 Å². The maximum atomic E-state index is 13.6. The molecule has 0 spiro atoms. The second-order valence-corrected chi connectivity index (χ2v) is 5.84. The van der Waals surface area contributed by atoms with Crippen LogP contribution in [0, 0.1) is 5.82 Å². The van der Waals surface area contributed by atoms with E-state index in [2.05, 4.69) is 0 Å². The van der Waals surface area contributed by atoms with Crippen LogP contribution in [0.4, 0.5) is 13.2 Å². The molecular weight excluding hydrogens is 307 g/mol. The highest BCUT2D eigenvalue weighted by atomic mass is 35.5. The SMILES string of the molecule is O=S(=O)(c1cccc(Cl)c1F)N(CCO)CC(F)F. The van der Waals surface area contributed by atoms with Gasteiger partial charge in [0, 0.05) is 6.54 Å². The molecule has 0 saturated heterocycles. The molecule has 19 heavy (non-hydrogen) atoms. The number of hydrogen-bond donors (Lipinski definition) is 1. The number of hydrogen-bond acceptors (Lipinski definition) is 3. The Bertz CT molecular complexity index is 539. The van der Waals surface area contributed by atoms with Crippen LogP contribution in [0.25, 0.3) is 0 Å². The van der Waals surface area contributed by atoms with Crippen molar-refractivity contribution in [3.05, 3.63) is 29.0 Å². The van der Waals surface area contributed by atoms with Gasteiger partial charge in [0.2, 0.25) is 10.0 Å². The summed E-state index contributed by atoms with van der Waals surface area (Å²) in [6.07, 6.45) is -2.94. The summed E-state index contributed by atoms with van der Waals surface area (Å²) in [4.78, 5) is -0.797. The first-order valence-corrected chi connectivity index (χ1v) is 6.95. The minimum atomic E-state index is -4.48. The summed E-state index contributed by atoms with van der Waals surface area (Å²) >= 11 is 5.45. The lowest BCUT2D eigenvalue weighted by molar-refractivity contribution is 0.113. The molecule has 108 valence electrons. The third-order valence-electron chi connectivity index (χ3n) is 2.23.